The van der Waals surface area contributed by atoms with E-state index in [1.165, 1.54) is 23.3 Å². The molecule has 0 aliphatic heterocycles. The first-order valence-corrected chi connectivity index (χ1v) is 7.42. The van der Waals surface area contributed by atoms with E-state index >= 15 is 0 Å². The lowest BCUT2D eigenvalue weighted by Gasteiger charge is -2.12. The summed E-state index contributed by atoms with van der Waals surface area (Å²) in [5, 5.41) is 6.50. The molecule has 2 aromatic rings. The van der Waals surface area contributed by atoms with Crippen molar-refractivity contribution in [3.05, 3.63) is 71.0 Å². The van der Waals surface area contributed by atoms with Crippen LogP contribution in [0.2, 0.25) is 0 Å². The average Bonchev–Trinajstić information content (AvgIpc) is 2.52. The highest BCUT2D eigenvalue weighted by Crippen LogP contribution is 2.04. The predicted octanol–water partition coefficient (Wildman–Crippen LogP) is 3.66. The molecule has 3 nitrogen and oxygen atoms in total. The summed E-state index contributed by atoms with van der Waals surface area (Å²) < 4.78 is 12.9. The van der Waals surface area contributed by atoms with Gasteiger partial charge >= 0.3 is 0 Å². The van der Waals surface area contributed by atoms with E-state index in [4.69, 9.17) is 0 Å². The maximum atomic E-state index is 12.9. The lowest BCUT2D eigenvalue weighted by atomic mass is 10.1. The molecule has 0 aliphatic rings. The van der Waals surface area contributed by atoms with E-state index in [-0.39, 0.29) is 29.8 Å². The van der Waals surface area contributed by atoms with Gasteiger partial charge in [-0.25, -0.2) is 4.39 Å². The summed E-state index contributed by atoms with van der Waals surface area (Å²) in [5.41, 5.74) is 3.60. The number of nitrogens with one attached hydrogen (secondary N) is 2. The quantitative estimate of drug-likeness (QED) is 0.434. The Morgan fingerprint density at radius 3 is 2.43 bits per heavy atom. The molecule has 0 heterocycles. The second-order valence-electron chi connectivity index (χ2n) is 5.22. The van der Waals surface area contributed by atoms with E-state index < -0.39 is 0 Å². The Kier molecular flexibility index (Phi) is 8.61. The van der Waals surface area contributed by atoms with Crippen molar-refractivity contribution in [1.82, 2.24) is 10.6 Å². The third kappa shape index (κ3) is 6.99. The van der Waals surface area contributed by atoms with E-state index in [9.17, 15) is 4.39 Å². The van der Waals surface area contributed by atoms with Gasteiger partial charge in [0.1, 0.15) is 5.82 Å². The summed E-state index contributed by atoms with van der Waals surface area (Å²) in [4.78, 5) is 4.19. The average molecular weight is 427 g/mol. The molecule has 0 atom stereocenters. The Balaban J connectivity index is 0.00000264. The molecule has 0 spiro atoms. The molecule has 0 amide bonds. The number of hydrogen-bond donors (Lipinski definition) is 2. The van der Waals surface area contributed by atoms with Crippen molar-refractivity contribution in [3.8, 4) is 0 Å². The first-order chi connectivity index (χ1) is 10.7. The second kappa shape index (κ2) is 10.2. The Morgan fingerprint density at radius 2 is 1.78 bits per heavy atom. The molecule has 2 N–H and O–H groups in total. The number of rotatable bonds is 5. The minimum Gasteiger partial charge on any atom is -0.356 e. The molecule has 0 aromatic heterocycles. The van der Waals surface area contributed by atoms with Crippen molar-refractivity contribution in [1.29, 1.82) is 0 Å². The van der Waals surface area contributed by atoms with Crippen LogP contribution in [0.3, 0.4) is 0 Å². The SMILES string of the molecule is CN=C(NCCc1cccc(C)c1)NCc1ccc(F)cc1.I. The normalized spacial score (nSPS) is 10.8. The van der Waals surface area contributed by atoms with Crippen molar-refractivity contribution in [2.24, 2.45) is 4.99 Å². The zero-order valence-corrected chi connectivity index (χ0v) is 15.8. The Hall–Kier alpha value is -1.63. The van der Waals surface area contributed by atoms with Crippen LogP contribution in [-0.4, -0.2) is 19.6 Å². The van der Waals surface area contributed by atoms with Crippen molar-refractivity contribution in [3.63, 3.8) is 0 Å². The van der Waals surface area contributed by atoms with Crippen LogP contribution in [0.4, 0.5) is 4.39 Å². The van der Waals surface area contributed by atoms with Gasteiger partial charge in [0.15, 0.2) is 5.96 Å². The van der Waals surface area contributed by atoms with Gasteiger partial charge in [-0.15, -0.1) is 24.0 Å². The zero-order chi connectivity index (χ0) is 15.8. The molecule has 2 aromatic carbocycles. The summed E-state index contributed by atoms with van der Waals surface area (Å²) in [6.07, 6.45) is 0.943. The number of aliphatic imine (C=N–C) groups is 1. The molecular weight excluding hydrogens is 404 g/mol. The van der Waals surface area contributed by atoms with Crippen LogP contribution in [0.5, 0.6) is 0 Å². The minimum absolute atomic E-state index is 0. The first-order valence-electron chi connectivity index (χ1n) is 7.42. The summed E-state index contributed by atoms with van der Waals surface area (Å²) >= 11 is 0. The van der Waals surface area contributed by atoms with Gasteiger partial charge in [0, 0.05) is 20.1 Å². The summed E-state index contributed by atoms with van der Waals surface area (Å²) in [7, 11) is 1.74. The first kappa shape index (κ1) is 19.4. The molecule has 0 saturated heterocycles. The fraction of sp³-hybridized carbons (Fsp3) is 0.278. The van der Waals surface area contributed by atoms with Crippen LogP contribution >= 0.6 is 24.0 Å². The van der Waals surface area contributed by atoms with Gasteiger partial charge in [0.25, 0.3) is 0 Å². The number of guanidine groups is 1. The van der Waals surface area contributed by atoms with Crippen LogP contribution in [0.1, 0.15) is 16.7 Å². The lowest BCUT2D eigenvalue weighted by Crippen LogP contribution is -2.37. The van der Waals surface area contributed by atoms with E-state index in [2.05, 4.69) is 46.8 Å². The van der Waals surface area contributed by atoms with Crippen molar-refractivity contribution < 1.29 is 4.39 Å². The predicted molar refractivity (Wildman–Crippen MR) is 105 cm³/mol. The number of hydrogen-bond acceptors (Lipinski definition) is 1. The van der Waals surface area contributed by atoms with Crippen LogP contribution in [0, 0.1) is 12.7 Å². The highest BCUT2D eigenvalue weighted by Gasteiger charge is 1.99. The van der Waals surface area contributed by atoms with Gasteiger partial charge in [-0.05, 0) is 36.6 Å². The second-order valence-corrected chi connectivity index (χ2v) is 5.22. The van der Waals surface area contributed by atoms with Crippen LogP contribution in [0.25, 0.3) is 0 Å². The molecular formula is C18H23FIN3. The number of aryl methyl sites for hydroxylation is 1. The van der Waals surface area contributed by atoms with E-state index in [1.807, 2.05) is 0 Å². The number of halogens is 2. The Labute approximate surface area is 154 Å². The molecule has 0 unspecified atom stereocenters. The molecule has 124 valence electrons. The molecule has 0 radical (unpaired) electrons. The Morgan fingerprint density at radius 1 is 1.04 bits per heavy atom. The lowest BCUT2D eigenvalue weighted by molar-refractivity contribution is 0.626. The molecule has 0 saturated carbocycles. The maximum absolute atomic E-state index is 12.9. The van der Waals surface area contributed by atoms with E-state index in [0.717, 1.165) is 24.5 Å². The van der Waals surface area contributed by atoms with Gasteiger partial charge in [-0.3, -0.25) is 4.99 Å². The van der Waals surface area contributed by atoms with Crippen molar-refractivity contribution >= 4 is 29.9 Å². The summed E-state index contributed by atoms with van der Waals surface area (Å²) in [6, 6.07) is 15.0. The van der Waals surface area contributed by atoms with Gasteiger partial charge in [0.2, 0.25) is 0 Å². The van der Waals surface area contributed by atoms with Gasteiger partial charge in [-0.2, -0.15) is 0 Å². The van der Waals surface area contributed by atoms with E-state index in [1.54, 1.807) is 19.2 Å². The Bertz CT molecular complexity index is 626. The molecule has 0 aliphatic carbocycles. The van der Waals surface area contributed by atoms with Crippen LogP contribution < -0.4 is 10.6 Å². The molecule has 5 heteroatoms. The monoisotopic (exact) mass is 427 g/mol. The largest absolute Gasteiger partial charge is 0.356 e. The highest BCUT2D eigenvalue weighted by molar-refractivity contribution is 14.0. The van der Waals surface area contributed by atoms with Crippen molar-refractivity contribution in [2.75, 3.05) is 13.6 Å². The van der Waals surface area contributed by atoms with Crippen LogP contribution in [0.15, 0.2) is 53.5 Å². The molecule has 0 bridgehead atoms. The standard InChI is InChI=1S/C18H22FN3.HI/c1-14-4-3-5-15(12-14)10-11-21-18(20-2)22-13-16-6-8-17(19)9-7-16;/h3-9,12H,10-11,13H2,1-2H3,(H2,20,21,22);1H. The number of nitrogens with zero attached hydrogens (tertiary/aromatic N) is 1. The smallest absolute Gasteiger partial charge is 0.191 e. The van der Waals surface area contributed by atoms with Crippen LogP contribution in [-0.2, 0) is 13.0 Å². The summed E-state index contributed by atoms with van der Waals surface area (Å²) in [6.45, 7) is 3.52. The third-order valence-corrected chi connectivity index (χ3v) is 3.39. The molecule has 2 rings (SSSR count). The fourth-order valence-corrected chi connectivity index (χ4v) is 2.20. The summed E-state index contributed by atoms with van der Waals surface area (Å²) in [5.74, 6) is 0.529. The van der Waals surface area contributed by atoms with Gasteiger partial charge < -0.3 is 10.6 Å². The van der Waals surface area contributed by atoms with Gasteiger partial charge in [0.05, 0.1) is 0 Å². The maximum Gasteiger partial charge on any atom is 0.191 e. The topological polar surface area (TPSA) is 36.4 Å². The highest BCUT2D eigenvalue weighted by atomic mass is 127. The molecule has 23 heavy (non-hydrogen) atoms. The third-order valence-electron chi connectivity index (χ3n) is 3.39. The zero-order valence-electron chi connectivity index (χ0n) is 13.5. The van der Waals surface area contributed by atoms with Crippen molar-refractivity contribution in [2.45, 2.75) is 19.9 Å². The van der Waals surface area contributed by atoms with Gasteiger partial charge in [-0.1, -0.05) is 42.0 Å². The fourth-order valence-electron chi connectivity index (χ4n) is 2.20. The molecule has 0 fully saturated rings. The van der Waals surface area contributed by atoms with E-state index in [0.29, 0.717) is 6.54 Å². The number of benzene rings is 2. The minimum atomic E-state index is -0.218.